The first-order valence-corrected chi connectivity index (χ1v) is 9.79. The summed E-state index contributed by atoms with van der Waals surface area (Å²) < 4.78 is 0.845. The Bertz CT molecular complexity index is 705. The molecule has 1 unspecified atom stereocenters. The number of hydrogen-bond donors (Lipinski definition) is 0. The molecule has 1 heterocycles. The number of allylic oxidation sites excluding steroid dienone is 5. The van der Waals surface area contributed by atoms with E-state index in [9.17, 15) is 4.79 Å². The van der Waals surface area contributed by atoms with Crippen molar-refractivity contribution in [1.82, 2.24) is 4.90 Å². The fraction of sp³-hybridized carbons (Fsp3) is 0.524. The van der Waals surface area contributed by atoms with E-state index in [2.05, 4.69) is 92.6 Å². The van der Waals surface area contributed by atoms with Crippen LogP contribution in [0.2, 0.25) is 0 Å². The van der Waals surface area contributed by atoms with Crippen molar-refractivity contribution in [1.29, 1.82) is 0 Å². The number of hydrogen-bond acceptors (Lipinski definition) is 2. The number of amides is 1. The van der Waals surface area contributed by atoms with E-state index in [0.717, 1.165) is 3.70 Å². The Labute approximate surface area is 165 Å². The summed E-state index contributed by atoms with van der Waals surface area (Å²) in [6.07, 6.45) is 14.6. The van der Waals surface area contributed by atoms with Crippen molar-refractivity contribution < 1.29 is 4.79 Å². The lowest BCUT2D eigenvalue weighted by molar-refractivity contribution is -0.134. The molecule has 0 spiro atoms. The molecule has 1 atom stereocenters. The minimum atomic E-state index is -0.568. The van der Waals surface area contributed by atoms with Gasteiger partial charge in [0.25, 0.3) is 0 Å². The zero-order valence-corrected chi connectivity index (χ0v) is 18.5. The second-order valence-electron chi connectivity index (χ2n) is 8.68. The molecule has 0 N–H and O–H groups in total. The molecule has 1 aliphatic carbocycles. The van der Waals surface area contributed by atoms with E-state index < -0.39 is 5.41 Å². The molecule has 0 bridgehead atoms. The molecule has 0 fully saturated rings. The van der Waals surface area contributed by atoms with Crippen molar-refractivity contribution >= 4 is 34.8 Å². The lowest BCUT2D eigenvalue weighted by Gasteiger charge is -2.37. The topological polar surface area (TPSA) is 32.7 Å². The van der Waals surface area contributed by atoms with Gasteiger partial charge in [-0.2, -0.15) is 0 Å². The largest absolute Gasteiger partial charge is 0.295 e. The van der Waals surface area contributed by atoms with Crippen LogP contribution >= 0.6 is 22.6 Å². The number of rotatable bonds is 2. The van der Waals surface area contributed by atoms with Crippen molar-refractivity contribution in [2.75, 3.05) is 0 Å². The van der Waals surface area contributed by atoms with E-state index in [-0.39, 0.29) is 22.8 Å². The molecule has 25 heavy (non-hydrogen) atoms. The van der Waals surface area contributed by atoms with Crippen LogP contribution in [0.5, 0.6) is 0 Å². The zero-order valence-electron chi connectivity index (χ0n) is 16.3. The number of nitrogens with zero attached hydrogens (tertiary/aromatic N) is 2. The van der Waals surface area contributed by atoms with Gasteiger partial charge in [-0.25, -0.2) is 4.99 Å². The van der Waals surface area contributed by atoms with Crippen LogP contribution in [0.15, 0.2) is 50.7 Å². The van der Waals surface area contributed by atoms with E-state index in [1.165, 1.54) is 5.57 Å². The number of aliphatic imine (C=N–C) groups is 1. The van der Waals surface area contributed by atoms with E-state index in [1.54, 1.807) is 11.2 Å². The van der Waals surface area contributed by atoms with Gasteiger partial charge in [-0.1, -0.05) is 58.1 Å². The van der Waals surface area contributed by atoms with E-state index in [0.29, 0.717) is 0 Å². The van der Waals surface area contributed by atoms with Gasteiger partial charge in [0.1, 0.15) is 0 Å². The fourth-order valence-electron chi connectivity index (χ4n) is 3.19. The summed E-state index contributed by atoms with van der Waals surface area (Å²) in [6.45, 7) is 14.8. The van der Waals surface area contributed by atoms with E-state index >= 15 is 0 Å². The monoisotopic (exact) mass is 452 g/mol. The SMILES string of the molecule is CC(/C1=C/C=C\C(C)(C)/C=C\C1(C)C)N1C=NC(I)=CC(C)(C)C1=O. The van der Waals surface area contributed by atoms with Crippen molar-refractivity contribution in [3.63, 3.8) is 0 Å². The van der Waals surface area contributed by atoms with Gasteiger partial charge in [0.05, 0.1) is 21.5 Å². The summed E-state index contributed by atoms with van der Waals surface area (Å²) in [5, 5.41) is 0. The van der Waals surface area contributed by atoms with Gasteiger partial charge >= 0.3 is 0 Å². The average Bonchev–Trinajstić information content (AvgIpc) is 2.57. The molecular weight excluding hydrogens is 423 g/mol. The number of carbonyl (C=O) groups is 1. The van der Waals surface area contributed by atoms with E-state index in [4.69, 9.17) is 0 Å². The lowest BCUT2D eigenvalue weighted by atomic mass is 9.75. The predicted molar refractivity (Wildman–Crippen MR) is 115 cm³/mol. The van der Waals surface area contributed by atoms with Crippen LogP contribution in [0, 0.1) is 16.2 Å². The second-order valence-corrected chi connectivity index (χ2v) is 9.78. The van der Waals surface area contributed by atoms with Crippen LogP contribution < -0.4 is 0 Å². The average molecular weight is 452 g/mol. The summed E-state index contributed by atoms with van der Waals surface area (Å²) in [5.41, 5.74) is 0.515. The summed E-state index contributed by atoms with van der Waals surface area (Å²) in [6, 6.07) is -0.0725. The molecule has 0 aromatic rings. The number of carbonyl (C=O) groups excluding carboxylic acids is 1. The highest BCUT2D eigenvalue weighted by atomic mass is 127. The minimum Gasteiger partial charge on any atom is -0.295 e. The van der Waals surface area contributed by atoms with Crippen LogP contribution in [0.3, 0.4) is 0 Å². The third-order valence-corrected chi connectivity index (χ3v) is 5.50. The van der Waals surface area contributed by atoms with Crippen LogP contribution in [0.4, 0.5) is 0 Å². The van der Waals surface area contributed by atoms with Crippen LogP contribution in [0.1, 0.15) is 48.5 Å². The molecule has 2 rings (SSSR count). The maximum atomic E-state index is 13.1. The van der Waals surface area contributed by atoms with Gasteiger partial charge in [-0.05, 0) is 55.0 Å². The highest BCUT2D eigenvalue weighted by Gasteiger charge is 2.37. The standard InChI is InChI=1S/C21H29IN2O/c1-15(24-14-23-17(22)13-21(6,7)18(24)25)16-9-8-10-19(2,3)11-12-20(16,4)5/h8-15H,1-7H3/b10-8-,12-11-,16-9-. The number of halogens is 1. The molecule has 0 aromatic carbocycles. The molecular formula is C21H29IN2O. The van der Waals surface area contributed by atoms with Gasteiger partial charge in [0, 0.05) is 10.8 Å². The van der Waals surface area contributed by atoms with Crippen LogP contribution in [-0.4, -0.2) is 23.2 Å². The smallest absolute Gasteiger partial charge is 0.237 e. The predicted octanol–water partition coefficient (Wildman–Crippen LogP) is 5.65. The zero-order chi connectivity index (χ0) is 19.0. The highest BCUT2D eigenvalue weighted by molar-refractivity contribution is 14.1. The second kappa shape index (κ2) is 6.86. The quantitative estimate of drug-likeness (QED) is 0.303. The molecule has 136 valence electrons. The summed E-state index contributed by atoms with van der Waals surface area (Å²) >= 11 is 2.17. The molecule has 4 heteroatoms. The Balaban J connectivity index is 2.45. The highest BCUT2D eigenvalue weighted by Crippen LogP contribution is 2.38. The van der Waals surface area contributed by atoms with Gasteiger partial charge in [0.2, 0.25) is 5.91 Å². The fourth-order valence-corrected chi connectivity index (χ4v) is 4.10. The Morgan fingerprint density at radius 1 is 1.04 bits per heavy atom. The summed E-state index contributed by atoms with van der Waals surface area (Å²) in [4.78, 5) is 19.3. The Kier molecular flexibility index (Phi) is 5.53. The molecule has 1 aliphatic heterocycles. The molecule has 0 aromatic heterocycles. The summed E-state index contributed by atoms with van der Waals surface area (Å²) in [5.74, 6) is 0.0717. The Morgan fingerprint density at radius 2 is 1.68 bits per heavy atom. The maximum Gasteiger partial charge on any atom is 0.237 e. The van der Waals surface area contributed by atoms with Gasteiger partial charge in [-0.15, -0.1) is 0 Å². The minimum absolute atomic E-state index is 0.0322. The maximum absolute atomic E-state index is 13.1. The first-order chi connectivity index (χ1) is 11.4. The third kappa shape index (κ3) is 4.52. The normalized spacial score (nSPS) is 30.2. The molecule has 0 saturated heterocycles. The van der Waals surface area contributed by atoms with E-state index in [1.807, 2.05) is 19.9 Å². The molecule has 2 aliphatic rings. The van der Waals surface area contributed by atoms with Gasteiger partial charge in [0.15, 0.2) is 0 Å². The Hall–Kier alpha value is -1.17. The Morgan fingerprint density at radius 3 is 2.32 bits per heavy atom. The van der Waals surface area contributed by atoms with Crippen LogP contribution in [0.25, 0.3) is 0 Å². The molecule has 3 nitrogen and oxygen atoms in total. The van der Waals surface area contributed by atoms with Gasteiger partial charge in [-0.3, -0.25) is 9.69 Å². The molecule has 0 saturated carbocycles. The van der Waals surface area contributed by atoms with Crippen LogP contribution in [-0.2, 0) is 4.79 Å². The molecule has 0 radical (unpaired) electrons. The first kappa shape index (κ1) is 20.1. The third-order valence-electron chi connectivity index (χ3n) is 4.91. The molecule has 1 amide bonds. The van der Waals surface area contributed by atoms with Crippen molar-refractivity contribution in [3.8, 4) is 0 Å². The van der Waals surface area contributed by atoms with Gasteiger partial charge < -0.3 is 0 Å². The first-order valence-electron chi connectivity index (χ1n) is 8.71. The lowest BCUT2D eigenvalue weighted by Crippen LogP contribution is -2.46. The van der Waals surface area contributed by atoms with Crippen molar-refractivity contribution in [2.45, 2.75) is 54.5 Å². The van der Waals surface area contributed by atoms with Crippen molar-refractivity contribution in [3.05, 3.63) is 45.7 Å². The summed E-state index contributed by atoms with van der Waals surface area (Å²) in [7, 11) is 0. The van der Waals surface area contributed by atoms with Crippen molar-refractivity contribution in [2.24, 2.45) is 21.2 Å².